The lowest BCUT2D eigenvalue weighted by atomic mass is 9.85. The third kappa shape index (κ3) is 3.22. The Morgan fingerprint density at radius 3 is 2.68 bits per heavy atom. The zero-order chi connectivity index (χ0) is 19.7. The van der Waals surface area contributed by atoms with E-state index >= 15 is 0 Å². The first-order valence-electron chi connectivity index (χ1n) is 10.6. The Kier molecular flexibility index (Phi) is 5.43. The maximum absolute atomic E-state index is 13.4. The number of aromatic nitrogens is 2. The molecule has 6 nitrogen and oxygen atoms in total. The largest absolute Gasteiger partial charge is 0.383 e. The monoisotopic (exact) mass is 384 g/mol. The summed E-state index contributed by atoms with van der Waals surface area (Å²) in [6, 6.07) is 8.67. The van der Waals surface area contributed by atoms with Crippen molar-refractivity contribution in [1.82, 2.24) is 19.4 Å². The molecule has 0 aliphatic carbocycles. The highest BCUT2D eigenvalue weighted by Crippen LogP contribution is 2.39. The van der Waals surface area contributed by atoms with E-state index in [4.69, 9.17) is 9.72 Å². The van der Waals surface area contributed by atoms with Gasteiger partial charge in [0.2, 0.25) is 5.91 Å². The van der Waals surface area contributed by atoms with Gasteiger partial charge < -0.3 is 14.2 Å². The third-order valence-electron chi connectivity index (χ3n) is 6.41. The molecule has 2 fully saturated rings. The topological polar surface area (TPSA) is 50.6 Å². The summed E-state index contributed by atoms with van der Waals surface area (Å²) in [5.74, 6) is 1.36. The van der Waals surface area contributed by atoms with Crippen molar-refractivity contribution in [3.8, 4) is 0 Å². The molecule has 6 heteroatoms. The number of hydrogen-bond donors (Lipinski definition) is 0. The molecule has 0 bridgehead atoms. The van der Waals surface area contributed by atoms with Gasteiger partial charge in [-0.25, -0.2) is 4.98 Å². The smallest absolute Gasteiger partial charge is 0.243 e. The number of rotatable bonds is 6. The lowest BCUT2D eigenvalue weighted by Gasteiger charge is -2.44. The maximum atomic E-state index is 13.4. The Morgan fingerprint density at radius 2 is 1.93 bits per heavy atom. The second-order valence-electron chi connectivity index (χ2n) is 8.43. The van der Waals surface area contributed by atoms with Crippen molar-refractivity contribution in [3.05, 3.63) is 30.1 Å². The van der Waals surface area contributed by atoms with Gasteiger partial charge in [-0.3, -0.25) is 9.69 Å². The SMILES string of the molecule is COCCN1CCCC2(CCCN2Cc2nc3ccccc3n2C(C)C)C1=O. The minimum absolute atomic E-state index is 0.292. The van der Waals surface area contributed by atoms with E-state index < -0.39 is 0 Å². The summed E-state index contributed by atoms with van der Waals surface area (Å²) in [6.45, 7) is 8.25. The van der Waals surface area contributed by atoms with Crippen molar-refractivity contribution < 1.29 is 9.53 Å². The molecule has 1 aromatic carbocycles. The summed E-state index contributed by atoms with van der Waals surface area (Å²) < 4.78 is 7.55. The average Bonchev–Trinajstić information content (AvgIpc) is 3.25. The fourth-order valence-corrected chi connectivity index (χ4v) is 5.12. The van der Waals surface area contributed by atoms with E-state index in [0.717, 1.165) is 56.7 Å². The summed E-state index contributed by atoms with van der Waals surface area (Å²) in [4.78, 5) is 22.8. The van der Waals surface area contributed by atoms with Gasteiger partial charge in [0.1, 0.15) is 11.4 Å². The highest BCUT2D eigenvalue weighted by Gasteiger charge is 2.50. The predicted molar refractivity (Wildman–Crippen MR) is 110 cm³/mol. The summed E-state index contributed by atoms with van der Waals surface area (Å²) >= 11 is 0. The lowest BCUT2D eigenvalue weighted by Crippen LogP contribution is -2.60. The van der Waals surface area contributed by atoms with Gasteiger partial charge in [-0.1, -0.05) is 12.1 Å². The van der Waals surface area contributed by atoms with Crippen LogP contribution in [0.5, 0.6) is 0 Å². The van der Waals surface area contributed by atoms with Gasteiger partial charge in [0.15, 0.2) is 0 Å². The number of amides is 1. The zero-order valence-corrected chi connectivity index (χ0v) is 17.4. The fourth-order valence-electron chi connectivity index (χ4n) is 5.12. The minimum Gasteiger partial charge on any atom is -0.383 e. The van der Waals surface area contributed by atoms with Crippen LogP contribution in [0.15, 0.2) is 24.3 Å². The molecule has 28 heavy (non-hydrogen) atoms. The molecule has 1 unspecified atom stereocenters. The van der Waals surface area contributed by atoms with E-state index in [1.807, 2.05) is 11.0 Å². The van der Waals surface area contributed by atoms with Crippen LogP contribution in [-0.4, -0.2) is 64.1 Å². The van der Waals surface area contributed by atoms with E-state index in [1.54, 1.807) is 7.11 Å². The molecule has 1 aromatic heterocycles. The molecule has 0 N–H and O–H groups in total. The van der Waals surface area contributed by atoms with Crippen LogP contribution in [0, 0.1) is 0 Å². The number of fused-ring (bicyclic) bond motifs is 1. The predicted octanol–water partition coefficient (Wildman–Crippen LogP) is 3.22. The second-order valence-corrected chi connectivity index (χ2v) is 8.43. The second kappa shape index (κ2) is 7.84. The van der Waals surface area contributed by atoms with Crippen molar-refractivity contribution >= 4 is 16.9 Å². The molecule has 0 radical (unpaired) electrons. The first-order chi connectivity index (χ1) is 13.6. The van der Waals surface area contributed by atoms with Crippen molar-refractivity contribution in [2.75, 3.05) is 33.4 Å². The molecule has 2 saturated heterocycles. The molecule has 1 amide bonds. The van der Waals surface area contributed by atoms with Crippen molar-refractivity contribution in [3.63, 3.8) is 0 Å². The van der Waals surface area contributed by atoms with Crippen LogP contribution in [0.4, 0.5) is 0 Å². The van der Waals surface area contributed by atoms with Crippen LogP contribution in [0.2, 0.25) is 0 Å². The van der Waals surface area contributed by atoms with Gasteiger partial charge >= 0.3 is 0 Å². The molecule has 2 aromatic rings. The van der Waals surface area contributed by atoms with Crippen LogP contribution in [0.1, 0.15) is 51.4 Å². The summed E-state index contributed by atoms with van der Waals surface area (Å²) in [7, 11) is 1.70. The highest BCUT2D eigenvalue weighted by molar-refractivity contribution is 5.87. The van der Waals surface area contributed by atoms with Crippen molar-refractivity contribution in [2.24, 2.45) is 0 Å². The summed E-state index contributed by atoms with van der Waals surface area (Å²) in [5.41, 5.74) is 1.86. The number of benzene rings is 1. The summed E-state index contributed by atoms with van der Waals surface area (Å²) in [5, 5.41) is 0. The number of hydrogen-bond acceptors (Lipinski definition) is 4. The normalized spacial score (nSPS) is 23.6. The number of imidazole rings is 1. The number of methoxy groups -OCH3 is 1. The van der Waals surface area contributed by atoms with Crippen molar-refractivity contribution in [2.45, 2.75) is 57.7 Å². The summed E-state index contributed by atoms with van der Waals surface area (Å²) in [6.07, 6.45) is 4.05. The van der Waals surface area contributed by atoms with E-state index in [2.05, 4.69) is 41.5 Å². The standard InChI is InChI=1S/C22H32N4O2/c1-17(2)26-19-9-5-4-8-18(19)23-20(26)16-25-13-7-11-22(25)10-6-12-24(21(22)27)14-15-28-3/h4-5,8-9,17H,6-7,10-16H2,1-3H3. The number of para-hydroxylation sites is 2. The van der Waals surface area contributed by atoms with Crippen LogP contribution in [0.25, 0.3) is 11.0 Å². The van der Waals surface area contributed by atoms with Crippen LogP contribution in [0.3, 0.4) is 0 Å². The molecule has 1 spiro atoms. The van der Waals surface area contributed by atoms with Gasteiger partial charge in [0.25, 0.3) is 0 Å². The molecule has 1 atom stereocenters. The van der Waals surface area contributed by atoms with Gasteiger partial charge in [0, 0.05) is 26.2 Å². The Bertz CT molecular complexity index is 846. The maximum Gasteiger partial charge on any atom is 0.243 e. The molecular formula is C22H32N4O2. The first kappa shape index (κ1) is 19.4. The minimum atomic E-state index is -0.355. The number of carbonyl (C=O) groups excluding carboxylic acids is 1. The Balaban J connectivity index is 1.64. The number of nitrogens with zero attached hydrogens (tertiary/aromatic N) is 4. The molecule has 2 aliphatic rings. The van der Waals surface area contributed by atoms with E-state index in [1.165, 1.54) is 5.52 Å². The number of carbonyl (C=O) groups is 1. The van der Waals surface area contributed by atoms with Crippen molar-refractivity contribution in [1.29, 1.82) is 0 Å². The number of piperidine rings is 1. The third-order valence-corrected chi connectivity index (χ3v) is 6.41. The highest BCUT2D eigenvalue weighted by atomic mass is 16.5. The number of likely N-dealkylation sites (tertiary alicyclic amines) is 2. The number of ether oxygens (including phenoxy) is 1. The molecule has 3 heterocycles. The Morgan fingerprint density at radius 1 is 1.18 bits per heavy atom. The quantitative estimate of drug-likeness (QED) is 0.767. The first-order valence-corrected chi connectivity index (χ1v) is 10.6. The molecule has 152 valence electrons. The van der Waals surface area contributed by atoms with E-state index in [0.29, 0.717) is 25.1 Å². The van der Waals surface area contributed by atoms with Gasteiger partial charge in [-0.2, -0.15) is 0 Å². The molecule has 0 saturated carbocycles. The fraction of sp³-hybridized carbons (Fsp3) is 0.636. The average molecular weight is 385 g/mol. The Labute approximate surface area is 167 Å². The van der Waals surface area contributed by atoms with Crippen LogP contribution < -0.4 is 0 Å². The molecule has 2 aliphatic heterocycles. The van der Waals surface area contributed by atoms with Crippen LogP contribution in [-0.2, 0) is 16.1 Å². The van der Waals surface area contributed by atoms with E-state index in [9.17, 15) is 4.79 Å². The Hall–Kier alpha value is -1.92. The molecule has 4 rings (SSSR count). The van der Waals surface area contributed by atoms with E-state index in [-0.39, 0.29) is 5.54 Å². The van der Waals surface area contributed by atoms with Gasteiger partial charge in [0.05, 0.1) is 24.2 Å². The van der Waals surface area contributed by atoms with Gasteiger partial charge in [-0.15, -0.1) is 0 Å². The lowest BCUT2D eigenvalue weighted by molar-refractivity contribution is -0.148. The zero-order valence-electron chi connectivity index (χ0n) is 17.4. The van der Waals surface area contributed by atoms with Gasteiger partial charge in [-0.05, 0) is 58.2 Å². The molecular weight excluding hydrogens is 352 g/mol. The van der Waals surface area contributed by atoms with Crippen LogP contribution >= 0.6 is 0 Å².